The fourth-order valence-corrected chi connectivity index (χ4v) is 3.03. The highest BCUT2D eigenvalue weighted by molar-refractivity contribution is 6.30. The molecule has 0 bridgehead atoms. The van der Waals surface area contributed by atoms with E-state index in [1.807, 2.05) is 6.07 Å². The fraction of sp³-hybridized carbons (Fsp3) is 0.562. The van der Waals surface area contributed by atoms with Crippen LogP contribution in [0.4, 0.5) is 4.39 Å². The number of nitrogens with zero attached hydrogens (tertiary/aromatic N) is 1. The molecule has 1 aromatic rings. The third-order valence-corrected chi connectivity index (χ3v) is 4.55. The predicted octanol–water partition coefficient (Wildman–Crippen LogP) is 2.77. The zero-order valence-electron chi connectivity index (χ0n) is 13.1. The van der Waals surface area contributed by atoms with Crippen molar-refractivity contribution >= 4 is 17.5 Å². The Bertz CT molecular complexity index is 541. The first-order chi connectivity index (χ1) is 10.5. The van der Waals surface area contributed by atoms with Gasteiger partial charge in [-0.3, -0.25) is 9.69 Å². The minimum Gasteiger partial charge on any atom is -0.372 e. The van der Waals surface area contributed by atoms with Gasteiger partial charge in [-0.05, 0) is 37.6 Å². The van der Waals surface area contributed by atoms with Crippen molar-refractivity contribution in [1.29, 1.82) is 0 Å². The van der Waals surface area contributed by atoms with E-state index in [0.29, 0.717) is 0 Å². The Morgan fingerprint density at radius 1 is 1.59 bits per heavy atom. The normalized spacial score (nSPS) is 23.5. The fourth-order valence-electron chi connectivity index (χ4n) is 2.91. The van der Waals surface area contributed by atoms with Crippen molar-refractivity contribution in [2.45, 2.75) is 38.5 Å². The molecule has 22 heavy (non-hydrogen) atoms. The van der Waals surface area contributed by atoms with E-state index in [1.54, 1.807) is 13.0 Å². The lowest BCUT2D eigenvalue weighted by molar-refractivity contribution is -0.131. The summed E-state index contributed by atoms with van der Waals surface area (Å²) in [6.07, 6.45) is 0.323. The smallest absolute Gasteiger partial charge is 0.249 e. The molecule has 0 radical (unpaired) electrons. The van der Waals surface area contributed by atoms with E-state index in [2.05, 4.69) is 17.1 Å². The zero-order valence-corrected chi connectivity index (χ0v) is 13.9. The molecule has 1 amide bonds. The first-order valence-corrected chi connectivity index (χ1v) is 7.87. The van der Waals surface area contributed by atoms with Gasteiger partial charge in [-0.25, -0.2) is 4.39 Å². The van der Waals surface area contributed by atoms with Gasteiger partial charge in [-0.2, -0.15) is 0 Å². The molecule has 0 aromatic heterocycles. The number of amides is 1. The van der Waals surface area contributed by atoms with Crippen LogP contribution in [0.1, 0.15) is 31.9 Å². The van der Waals surface area contributed by atoms with Gasteiger partial charge in [-0.1, -0.05) is 24.6 Å². The summed E-state index contributed by atoms with van der Waals surface area (Å²) >= 11 is 5.76. The minimum atomic E-state index is -0.502. The summed E-state index contributed by atoms with van der Waals surface area (Å²) < 4.78 is 18.8. The Labute approximate surface area is 135 Å². The lowest BCUT2D eigenvalue weighted by Crippen LogP contribution is -2.44. The number of halogens is 2. The molecule has 0 saturated carbocycles. The minimum absolute atomic E-state index is 0.0511. The standard InChI is InChI=1S/C16H22ClFN2O2/c1-4-20-8-7-14(19-16(21)10(2)22-3)15(20)11-5-6-12(17)13(18)9-11/h5-6,9-10,14-15H,4,7-8H2,1-3H3,(H,19,21). The number of benzene rings is 1. The highest BCUT2D eigenvalue weighted by Gasteiger charge is 2.36. The van der Waals surface area contributed by atoms with Crippen molar-refractivity contribution in [2.75, 3.05) is 20.2 Å². The molecule has 122 valence electrons. The summed E-state index contributed by atoms with van der Waals surface area (Å²) in [4.78, 5) is 14.3. The molecule has 4 nitrogen and oxygen atoms in total. The van der Waals surface area contributed by atoms with Crippen molar-refractivity contribution < 1.29 is 13.9 Å². The van der Waals surface area contributed by atoms with Crippen LogP contribution in [0.2, 0.25) is 5.02 Å². The summed E-state index contributed by atoms with van der Waals surface area (Å²) in [5.74, 6) is -0.581. The van der Waals surface area contributed by atoms with Crippen molar-refractivity contribution in [2.24, 2.45) is 0 Å². The van der Waals surface area contributed by atoms with Gasteiger partial charge in [0.1, 0.15) is 11.9 Å². The van der Waals surface area contributed by atoms with Gasteiger partial charge in [-0.15, -0.1) is 0 Å². The third kappa shape index (κ3) is 3.59. The number of likely N-dealkylation sites (N-methyl/N-ethyl adjacent to an activating group) is 1. The number of methoxy groups -OCH3 is 1. The number of nitrogens with one attached hydrogen (secondary N) is 1. The maximum absolute atomic E-state index is 13.8. The number of hydrogen-bond acceptors (Lipinski definition) is 3. The molecule has 3 unspecified atom stereocenters. The van der Waals surface area contributed by atoms with E-state index in [9.17, 15) is 9.18 Å². The topological polar surface area (TPSA) is 41.6 Å². The van der Waals surface area contributed by atoms with Crippen LogP contribution in [0.15, 0.2) is 18.2 Å². The first-order valence-electron chi connectivity index (χ1n) is 7.50. The summed E-state index contributed by atoms with van der Waals surface area (Å²) in [7, 11) is 1.50. The van der Waals surface area contributed by atoms with E-state index < -0.39 is 11.9 Å². The lowest BCUT2D eigenvalue weighted by Gasteiger charge is -2.29. The predicted molar refractivity (Wildman–Crippen MR) is 84.4 cm³/mol. The number of carbonyl (C=O) groups is 1. The molecule has 1 aliphatic rings. The van der Waals surface area contributed by atoms with Crippen molar-refractivity contribution in [3.63, 3.8) is 0 Å². The second-order valence-corrected chi connectivity index (χ2v) is 5.94. The molecule has 0 spiro atoms. The Kier molecular flexibility index (Phi) is 5.78. The van der Waals surface area contributed by atoms with Gasteiger partial charge >= 0.3 is 0 Å². The van der Waals surface area contributed by atoms with Crippen LogP contribution in [0.25, 0.3) is 0 Å². The summed E-state index contributed by atoms with van der Waals surface area (Å²) in [5, 5.41) is 3.13. The molecule has 1 aliphatic heterocycles. The highest BCUT2D eigenvalue weighted by atomic mass is 35.5. The van der Waals surface area contributed by atoms with Crippen LogP contribution in [-0.4, -0.2) is 43.2 Å². The van der Waals surface area contributed by atoms with Gasteiger partial charge < -0.3 is 10.1 Å². The zero-order chi connectivity index (χ0) is 16.3. The second-order valence-electron chi connectivity index (χ2n) is 5.53. The highest BCUT2D eigenvalue weighted by Crippen LogP contribution is 2.33. The molecule has 1 aromatic carbocycles. The summed E-state index contributed by atoms with van der Waals surface area (Å²) in [6.45, 7) is 5.46. The summed E-state index contributed by atoms with van der Waals surface area (Å²) in [5.41, 5.74) is 0.830. The third-order valence-electron chi connectivity index (χ3n) is 4.24. The van der Waals surface area contributed by atoms with E-state index in [-0.39, 0.29) is 23.0 Å². The first kappa shape index (κ1) is 17.2. The number of likely N-dealkylation sites (tertiary alicyclic amines) is 1. The SMILES string of the molecule is CCN1CCC(NC(=O)C(C)OC)C1c1ccc(Cl)c(F)c1. The average Bonchev–Trinajstić information content (AvgIpc) is 2.91. The van der Waals surface area contributed by atoms with E-state index in [1.165, 1.54) is 13.2 Å². The Hall–Kier alpha value is -1.17. The van der Waals surface area contributed by atoms with Crippen LogP contribution in [0, 0.1) is 5.82 Å². The number of rotatable bonds is 5. The molecule has 1 N–H and O–H groups in total. The van der Waals surface area contributed by atoms with Crippen molar-refractivity contribution in [3.8, 4) is 0 Å². The van der Waals surface area contributed by atoms with Gasteiger partial charge in [0, 0.05) is 19.7 Å². The molecule has 1 heterocycles. The Morgan fingerprint density at radius 2 is 2.32 bits per heavy atom. The van der Waals surface area contributed by atoms with Crippen molar-refractivity contribution in [1.82, 2.24) is 10.2 Å². The van der Waals surface area contributed by atoms with Crippen LogP contribution in [-0.2, 0) is 9.53 Å². The van der Waals surface area contributed by atoms with Gasteiger partial charge in [0.2, 0.25) is 5.91 Å². The molecule has 6 heteroatoms. The molecule has 3 atom stereocenters. The van der Waals surface area contributed by atoms with Gasteiger partial charge in [0.05, 0.1) is 11.1 Å². The molecule has 1 fully saturated rings. The number of carbonyl (C=O) groups excluding carboxylic acids is 1. The maximum atomic E-state index is 13.8. The van der Waals surface area contributed by atoms with Crippen LogP contribution < -0.4 is 5.32 Å². The van der Waals surface area contributed by atoms with Crippen molar-refractivity contribution in [3.05, 3.63) is 34.6 Å². The van der Waals surface area contributed by atoms with Crippen LogP contribution in [0.5, 0.6) is 0 Å². The maximum Gasteiger partial charge on any atom is 0.249 e. The molecule has 2 rings (SSSR count). The van der Waals surface area contributed by atoms with Gasteiger partial charge in [0.25, 0.3) is 0 Å². The van der Waals surface area contributed by atoms with E-state index in [0.717, 1.165) is 25.1 Å². The van der Waals surface area contributed by atoms with E-state index >= 15 is 0 Å². The molecular weight excluding hydrogens is 307 g/mol. The van der Waals surface area contributed by atoms with Crippen LogP contribution in [0.3, 0.4) is 0 Å². The van der Waals surface area contributed by atoms with Crippen LogP contribution >= 0.6 is 11.6 Å². The quantitative estimate of drug-likeness (QED) is 0.903. The Balaban J connectivity index is 2.22. The lowest BCUT2D eigenvalue weighted by atomic mass is 9.99. The monoisotopic (exact) mass is 328 g/mol. The molecule has 0 aliphatic carbocycles. The Morgan fingerprint density at radius 3 is 2.91 bits per heavy atom. The summed E-state index contributed by atoms with van der Waals surface area (Å²) in [6, 6.07) is 4.73. The number of hydrogen-bond donors (Lipinski definition) is 1. The molecule has 1 saturated heterocycles. The molecular formula is C16H22ClFN2O2. The second kappa shape index (κ2) is 7.40. The van der Waals surface area contributed by atoms with E-state index in [4.69, 9.17) is 16.3 Å². The average molecular weight is 329 g/mol. The van der Waals surface area contributed by atoms with Gasteiger partial charge in [0.15, 0.2) is 0 Å². The largest absolute Gasteiger partial charge is 0.372 e. The number of ether oxygens (including phenoxy) is 1.